The van der Waals surface area contributed by atoms with Crippen molar-refractivity contribution >= 4 is 29.5 Å². The summed E-state index contributed by atoms with van der Waals surface area (Å²) in [5.74, 6) is -0.136. The largest absolute Gasteiger partial charge is 0.402 e. The molecule has 0 aromatic heterocycles. The third-order valence-electron chi connectivity index (χ3n) is 3.40. The third-order valence-corrected chi connectivity index (χ3v) is 3.66. The SMILES string of the molecule is CCc1ccc(/C=C2/N=C(c3ccc(Cl)cc3)OC2=O)cc1. The molecular formula is C18H14ClNO2. The van der Waals surface area contributed by atoms with Crippen LogP contribution in [0.3, 0.4) is 0 Å². The second-order valence-electron chi connectivity index (χ2n) is 4.94. The number of esters is 1. The average Bonchev–Trinajstić information content (AvgIpc) is 2.90. The molecule has 0 amide bonds. The lowest BCUT2D eigenvalue weighted by molar-refractivity contribution is -0.129. The normalized spacial score (nSPS) is 15.8. The molecule has 1 aliphatic heterocycles. The van der Waals surface area contributed by atoms with Gasteiger partial charge in [-0.2, -0.15) is 0 Å². The first kappa shape index (κ1) is 14.5. The highest BCUT2D eigenvalue weighted by Crippen LogP contribution is 2.20. The summed E-state index contributed by atoms with van der Waals surface area (Å²) in [5.41, 5.74) is 3.20. The topological polar surface area (TPSA) is 38.7 Å². The van der Waals surface area contributed by atoms with Crippen molar-refractivity contribution in [1.82, 2.24) is 0 Å². The van der Waals surface area contributed by atoms with Crippen LogP contribution in [0.2, 0.25) is 5.02 Å². The van der Waals surface area contributed by atoms with Gasteiger partial charge < -0.3 is 4.74 Å². The van der Waals surface area contributed by atoms with Crippen LogP contribution in [0, 0.1) is 0 Å². The summed E-state index contributed by atoms with van der Waals surface area (Å²) in [5, 5.41) is 0.625. The summed E-state index contributed by atoms with van der Waals surface area (Å²) in [7, 11) is 0. The van der Waals surface area contributed by atoms with Crippen molar-refractivity contribution in [2.24, 2.45) is 4.99 Å². The standard InChI is InChI=1S/C18H14ClNO2/c1-2-12-3-5-13(6-4-12)11-16-18(21)22-17(20-16)14-7-9-15(19)10-8-14/h3-11H,2H2,1H3/b16-11+. The van der Waals surface area contributed by atoms with Gasteiger partial charge in [-0.3, -0.25) is 0 Å². The number of hydrogen-bond acceptors (Lipinski definition) is 3. The van der Waals surface area contributed by atoms with E-state index in [9.17, 15) is 4.79 Å². The van der Waals surface area contributed by atoms with Crippen LogP contribution >= 0.6 is 11.6 Å². The number of carbonyl (C=O) groups is 1. The van der Waals surface area contributed by atoms with Crippen LogP contribution in [0.25, 0.3) is 6.08 Å². The Balaban J connectivity index is 1.88. The molecule has 0 bridgehead atoms. The zero-order chi connectivity index (χ0) is 15.5. The van der Waals surface area contributed by atoms with E-state index in [1.54, 1.807) is 30.3 Å². The first-order valence-corrected chi connectivity index (χ1v) is 7.41. The molecule has 3 nitrogen and oxygen atoms in total. The second-order valence-corrected chi connectivity index (χ2v) is 5.37. The fourth-order valence-corrected chi connectivity index (χ4v) is 2.26. The first-order valence-electron chi connectivity index (χ1n) is 7.03. The number of aliphatic imine (C=N–C) groups is 1. The maximum atomic E-state index is 11.9. The van der Waals surface area contributed by atoms with Crippen molar-refractivity contribution in [3.05, 3.63) is 75.9 Å². The van der Waals surface area contributed by atoms with E-state index in [0.29, 0.717) is 16.6 Å². The van der Waals surface area contributed by atoms with Crippen LogP contribution in [0.15, 0.2) is 59.2 Å². The van der Waals surface area contributed by atoms with Crippen LogP contribution in [-0.4, -0.2) is 11.9 Å². The van der Waals surface area contributed by atoms with Crippen LogP contribution < -0.4 is 0 Å². The third kappa shape index (κ3) is 3.10. The molecule has 0 saturated heterocycles. The summed E-state index contributed by atoms with van der Waals surface area (Å²) in [4.78, 5) is 16.2. The van der Waals surface area contributed by atoms with E-state index in [1.165, 1.54) is 5.56 Å². The Morgan fingerprint density at radius 2 is 1.77 bits per heavy atom. The van der Waals surface area contributed by atoms with Gasteiger partial charge in [-0.15, -0.1) is 0 Å². The predicted octanol–water partition coefficient (Wildman–Crippen LogP) is 4.25. The van der Waals surface area contributed by atoms with Crippen LogP contribution in [0.1, 0.15) is 23.6 Å². The molecule has 0 spiro atoms. The number of aryl methyl sites for hydroxylation is 1. The van der Waals surface area contributed by atoms with Crippen LogP contribution in [-0.2, 0) is 16.0 Å². The molecule has 0 aliphatic carbocycles. The molecule has 3 rings (SSSR count). The molecule has 0 unspecified atom stereocenters. The Morgan fingerprint density at radius 1 is 1.09 bits per heavy atom. The number of benzene rings is 2. The Kier molecular flexibility index (Phi) is 4.07. The molecule has 1 aliphatic rings. The molecule has 110 valence electrons. The Hall–Kier alpha value is -2.39. The van der Waals surface area contributed by atoms with Gasteiger partial charge in [0.1, 0.15) is 0 Å². The molecule has 1 heterocycles. The Bertz CT molecular complexity index is 759. The summed E-state index contributed by atoms with van der Waals surface area (Å²) in [6.45, 7) is 2.10. The molecular weight excluding hydrogens is 298 g/mol. The minimum absolute atomic E-state index is 0.300. The highest BCUT2D eigenvalue weighted by atomic mass is 35.5. The number of ether oxygens (including phenoxy) is 1. The van der Waals surface area contributed by atoms with Gasteiger partial charge in [0.25, 0.3) is 0 Å². The van der Waals surface area contributed by atoms with Gasteiger partial charge >= 0.3 is 5.97 Å². The number of nitrogens with zero attached hydrogens (tertiary/aromatic N) is 1. The Labute approximate surface area is 133 Å². The van der Waals surface area contributed by atoms with E-state index in [0.717, 1.165) is 17.5 Å². The lowest BCUT2D eigenvalue weighted by atomic mass is 10.1. The number of cyclic esters (lactones) is 1. The minimum Gasteiger partial charge on any atom is -0.402 e. The minimum atomic E-state index is -0.440. The van der Waals surface area contributed by atoms with E-state index in [-0.39, 0.29) is 0 Å². The predicted molar refractivity (Wildman–Crippen MR) is 87.9 cm³/mol. The maximum Gasteiger partial charge on any atom is 0.363 e. The lowest BCUT2D eigenvalue weighted by Gasteiger charge is -1.98. The Morgan fingerprint density at radius 3 is 2.41 bits per heavy atom. The van der Waals surface area contributed by atoms with Gasteiger partial charge in [-0.25, -0.2) is 9.79 Å². The number of carbonyl (C=O) groups excluding carboxylic acids is 1. The number of halogens is 1. The van der Waals surface area contributed by atoms with Crippen molar-refractivity contribution in [1.29, 1.82) is 0 Å². The zero-order valence-electron chi connectivity index (χ0n) is 12.0. The molecule has 0 N–H and O–H groups in total. The summed E-state index contributed by atoms with van der Waals surface area (Å²) >= 11 is 5.85. The summed E-state index contributed by atoms with van der Waals surface area (Å²) in [6.07, 6.45) is 2.71. The van der Waals surface area contributed by atoms with Crippen molar-refractivity contribution in [2.45, 2.75) is 13.3 Å². The van der Waals surface area contributed by atoms with Gasteiger partial charge in [-0.05, 0) is 47.9 Å². The molecule has 0 fully saturated rings. The van der Waals surface area contributed by atoms with E-state index in [4.69, 9.17) is 16.3 Å². The fraction of sp³-hybridized carbons (Fsp3) is 0.111. The highest BCUT2D eigenvalue weighted by Gasteiger charge is 2.23. The van der Waals surface area contributed by atoms with E-state index >= 15 is 0 Å². The quantitative estimate of drug-likeness (QED) is 0.628. The van der Waals surface area contributed by atoms with Gasteiger partial charge in [0.05, 0.1) is 0 Å². The number of rotatable bonds is 3. The summed E-state index contributed by atoms with van der Waals surface area (Å²) in [6, 6.07) is 15.0. The van der Waals surface area contributed by atoms with Crippen molar-refractivity contribution in [2.75, 3.05) is 0 Å². The average molecular weight is 312 g/mol. The van der Waals surface area contributed by atoms with Crippen molar-refractivity contribution in [3.63, 3.8) is 0 Å². The molecule has 0 radical (unpaired) electrons. The molecule has 2 aromatic carbocycles. The monoisotopic (exact) mass is 311 g/mol. The fourth-order valence-electron chi connectivity index (χ4n) is 2.13. The highest BCUT2D eigenvalue weighted by molar-refractivity contribution is 6.30. The van der Waals surface area contributed by atoms with E-state index < -0.39 is 5.97 Å². The lowest BCUT2D eigenvalue weighted by Crippen LogP contribution is -2.05. The maximum absolute atomic E-state index is 11.9. The van der Waals surface area contributed by atoms with Crippen LogP contribution in [0.4, 0.5) is 0 Å². The molecule has 0 saturated carbocycles. The molecule has 22 heavy (non-hydrogen) atoms. The van der Waals surface area contributed by atoms with Gasteiger partial charge in [0.15, 0.2) is 5.70 Å². The zero-order valence-corrected chi connectivity index (χ0v) is 12.8. The van der Waals surface area contributed by atoms with Gasteiger partial charge in [-0.1, -0.05) is 42.8 Å². The van der Waals surface area contributed by atoms with Crippen molar-refractivity contribution in [3.8, 4) is 0 Å². The molecule has 0 atom stereocenters. The summed E-state index contributed by atoms with van der Waals surface area (Å²) < 4.78 is 5.22. The van der Waals surface area contributed by atoms with Gasteiger partial charge in [0, 0.05) is 10.6 Å². The van der Waals surface area contributed by atoms with E-state index in [2.05, 4.69) is 11.9 Å². The molecule has 4 heteroatoms. The second kappa shape index (κ2) is 6.16. The first-order chi connectivity index (χ1) is 10.7. The van der Waals surface area contributed by atoms with E-state index in [1.807, 2.05) is 24.3 Å². The smallest absolute Gasteiger partial charge is 0.363 e. The molecule has 2 aromatic rings. The van der Waals surface area contributed by atoms with Crippen LogP contribution in [0.5, 0.6) is 0 Å². The van der Waals surface area contributed by atoms with Crippen molar-refractivity contribution < 1.29 is 9.53 Å². The number of hydrogen-bond donors (Lipinski definition) is 0. The van der Waals surface area contributed by atoms with Gasteiger partial charge in [0.2, 0.25) is 5.90 Å².